The Labute approximate surface area is 428 Å². The minimum absolute atomic E-state index is 0.0357. The number of benzene rings is 2. The molecule has 0 radical (unpaired) electrons. The van der Waals surface area contributed by atoms with E-state index in [1.807, 2.05) is 69.3 Å². The first-order valence-electron chi connectivity index (χ1n) is 26.5. The first-order valence-corrected chi connectivity index (χ1v) is 26.5. The first-order chi connectivity index (χ1) is 34.3. The molecule has 3 rings (SSSR count). The number of carbonyl (C=O) groups is 7. The molecule has 16 heteroatoms. The molecule has 2 aromatic carbocycles. The third kappa shape index (κ3) is 26.3. The van der Waals surface area contributed by atoms with Crippen LogP contribution in [0.25, 0.3) is 11.1 Å². The van der Waals surface area contributed by atoms with Gasteiger partial charge in [0.1, 0.15) is 36.5 Å². The largest absolute Gasteiger partial charge is 0.480 e. The molecule has 0 bridgehead atoms. The van der Waals surface area contributed by atoms with E-state index in [1.165, 1.54) is 44.9 Å². The highest BCUT2D eigenvalue weighted by molar-refractivity contribution is 5.86. The van der Waals surface area contributed by atoms with Gasteiger partial charge >= 0.3 is 24.0 Å². The zero-order chi connectivity index (χ0) is 52.8. The maximum Gasteiger partial charge on any atom is 0.407 e. The van der Waals surface area contributed by atoms with Gasteiger partial charge in [-0.2, -0.15) is 0 Å². The monoisotopic (exact) mass is 1010 g/mol. The van der Waals surface area contributed by atoms with Gasteiger partial charge in [0.05, 0.1) is 6.61 Å². The average molecular weight is 1010 g/mol. The van der Waals surface area contributed by atoms with E-state index in [9.17, 15) is 38.7 Å². The molecule has 72 heavy (non-hydrogen) atoms. The minimum Gasteiger partial charge on any atom is -0.480 e. The summed E-state index contributed by atoms with van der Waals surface area (Å²) in [4.78, 5) is 87.1. The molecule has 2 unspecified atom stereocenters. The molecule has 0 aliphatic heterocycles. The molecular weight excluding hydrogens is 921 g/mol. The van der Waals surface area contributed by atoms with E-state index < -0.39 is 41.3 Å². The van der Waals surface area contributed by atoms with E-state index >= 15 is 0 Å². The van der Waals surface area contributed by atoms with E-state index in [0.29, 0.717) is 25.7 Å². The van der Waals surface area contributed by atoms with Crippen LogP contribution in [0.4, 0.5) is 4.79 Å². The number of amides is 4. The Morgan fingerprint density at radius 1 is 0.542 bits per heavy atom. The summed E-state index contributed by atoms with van der Waals surface area (Å²) < 4.78 is 21.8. The summed E-state index contributed by atoms with van der Waals surface area (Å²) in [6, 6.07) is 13.7. The van der Waals surface area contributed by atoms with Crippen LogP contribution in [0.5, 0.6) is 0 Å². The molecule has 0 saturated heterocycles. The molecule has 5 N–H and O–H groups in total. The van der Waals surface area contributed by atoms with Crippen LogP contribution < -0.4 is 21.3 Å². The van der Waals surface area contributed by atoms with Gasteiger partial charge in [-0.3, -0.25) is 19.2 Å². The normalized spacial score (nSPS) is 13.0. The summed E-state index contributed by atoms with van der Waals surface area (Å²) in [5.74, 6) is -3.01. The maximum atomic E-state index is 13.0. The number of carbonyl (C=O) groups excluding carboxylic acids is 6. The predicted molar refractivity (Wildman–Crippen MR) is 277 cm³/mol. The van der Waals surface area contributed by atoms with Crippen LogP contribution in [0, 0.1) is 0 Å². The Bertz CT molecular complexity index is 1950. The number of carboxylic acid groups (broad SMARTS) is 1. The van der Waals surface area contributed by atoms with Crippen molar-refractivity contribution in [2.75, 3.05) is 32.9 Å². The Morgan fingerprint density at radius 2 is 1.06 bits per heavy atom. The molecular formula is C56H86N4O12. The second-order valence-electron chi connectivity index (χ2n) is 20.8. The first kappa shape index (κ1) is 60.8. The van der Waals surface area contributed by atoms with E-state index in [-0.39, 0.29) is 88.2 Å². The van der Waals surface area contributed by atoms with Crippen molar-refractivity contribution in [3.05, 3.63) is 59.7 Å². The van der Waals surface area contributed by atoms with Crippen LogP contribution in [0.15, 0.2) is 48.5 Å². The molecule has 2 atom stereocenters. The molecule has 402 valence electrons. The summed E-state index contributed by atoms with van der Waals surface area (Å²) in [6.45, 7) is 11.2. The number of alkyl carbamates (subject to hydrolysis) is 1. The van der Waals surface area contributed by atoms with E-state index in [4.69, 9.17) is 18.9 Å². The third-order valence-electron chi connectivity index (χ3n) is 12.1. The van der Waals surface area contributed by atoms with Gasteiger partial charge in [0.25, 0.3) is 0 Å². The topological polar surface area (TPSA) is 225 Å². The summed E-state index contributed by atoms with van der Waals surface area (Å²) >= 11 is 0. The highest BCUT2D eigenvalue weighted by atomic mass is 16.6. The number of aliphatic carboxylic acids is 1. The molecule has 4 amide bonds. The number of ether oxygens (including phenoxy) is 4. The Morgan fingerprint density at radius 3 is 1.60 bits per heavy atom. The Kier molecular flexibility index (Phi) is 28.1. The third-order valence-corrected chi connectivity index (χ3v) is 12.1. The number of rotatable bonds is 36. The second kappa shape index (κ2) is 33.3. The van der Waals surface area contributed by atoms with E-state index in [0.717, 1.165) is 60.8 Å². The summed E-state index contributed by atoms with van der Waals surface area (Å²) in [5, 5.41) is 20.4. The fourth-order valence-corrected chi connectivity index (χ4v) is 8.54. The van der Waals surface area contributed by atoms with Crippen molar-refractivity contribution in [2.24, 2.45) is 0 Å². The molecule has 0 fully saturated rings. The van der Waals surface area contributed by atoms with Gasteiger partial charge in [-0.15, -0.1) is 0 Å². The lowest BCUT2D eigenvalue weighted by Gasteiger charge is -2.24. The fraction of sp³-hybridized carbons (Fsp3) is 0.661. The predicted octanol–water partition coefficient (Wildman–Crippen LogP) is 9.59. The van der Waals surface area contributed by atoms with Gasteiger partial charge in [-0.1, -0.05) is 126 Å². The standard InChI is InChI=1S/C56H86N4O12/c1-55(2,3)71-51(64)33-20-18-16-14-12-10-8-7-9-11-13-15-17-19-32-49(62)59-47(53(67)72-56(4,5)6)34-35-48(61)58-37-38-69-40-50(63)57-36-26-25-31-46(52(65)66)60-54(68)70-39-45-43-29-23-21-27-41(43)42-28-22-24-30-44(42)45/h21-24,27-30,45-47H,7-20,25-26,31-40H2,1-6H3,(H,57,63)(H,58,61)(H,59,62)(H,60,68)(H,65,66). The number of unbranched alkanes of at least 4 members (excludes halogenated alkanes) is 14. The molecule has 1 aliphatic rings. The number of nitrogens with one attached hydrogen (secondary N) is 4. The summed E-state index contributed by atoms with van der Waals surface area (Å²) in [5.41, 5.74) is 3.10. The van der Waals surface area contributed by atoms with Crippen molar-refractivity contribution in [3.63, 3.8) is 0 Å². The van der Waals surface area contributed by atoms with Gasteiger partial charge in [-0.05, 0) is 102 Å². The Hall–Kier alpha value is -5.51. The SMILES string of the molecule is CC(C)(C)OC(=O)CCCCCCCCCCCCCCCCC(=O)NC(CCC(=O)NCCOCC(=O)NCCCCC(NC(=O)OCC1c2ccccc2-c2ccccc21)C(=O)O)C(=O)OC(C)(C)C. The van der Waals surface area contributed by atoms with Crippen LogP contribution in [-0.4, -0.2) is 103 Å². The van der Waals surface area contributed by atoms with Gasteiger partial charge in [0, 0.05) is 38.3 Å². The molecule has 0 spiro atoms. The highest BCUT2D eigenvalue weighted by Crippen LogP contribution is 2.44. The summed E-state index contributed by atoms with van der Waals surface area (Å²) in [6.07, 6.45) is 16.5. The van der Waals surface area contributed by atoms with Crippen LogP contribution in [0.3, 0.4) is 0 Å². The van der Waals surface area contributed by atoms with Crippen LogP contribution >= 0.6 is 0 Å². The van der Waals surface area contributed by atoms with E-state index in [1.54, 1.807) is 20.8 Å². The van der Waals surface area contributed by atoms with Crippen molar-refractivity contribution in [1.82, 2.24) is 21.3 Å². The van der Waals surface area contributed by atoms with Crippen LogP contribution in [-0.2, 0) is 47.7 Å². The van der Waals surface area contributed by atoms with Crippen molar-refractivity contribution < 1.29 is 57.6 Å². The van der Waals surface area contributed by atoms with Crippen LogP contribution in [0.2, 0.25) is 0 Å². The molecule has 1 aliphatic carbocycles. The van der Waals surface area contributed by atoms with E-state index in [2.05, 4.69) is 21.3 Å². The lowest BCUT2D eigenvalue weighted by Crippen LogP contribution is -2.44. The number of hydrogen-bond acceptors (Lipinski definition) is 11. The lowest BCUT2D eigenvalue weighted by atomic mass is 9.98. The van der Waals surface area contributed by atoms with Gasteiger partial charge in [0.15, 0.2) is 0 Å². The zero-order valence-electron chi connectivity index (χ0n) is 44.2. The van der Waals surface area contributed by atoms with Gasteiger partial charge < -0.3 is 45.3 Å². The zero-order valence-corrected chi connectivity index (χ0v) is 44.2. The van der Waals surface area contributed by atoms with Crippen molar-refractivity contribution in [3.8, 4) is 11.1 Å². The van der Waals surface area contributed by atoms with Gasteiger partial charge in [0.2, 0.25) is 17.7 Å². The second-order valence-corrected chi connectivity index (χ2v) is 20.8. The number of hydrogen-bond donors (Lipinski definition) is 5. The van der Waals surface area contributed by atoms with Crippen molar-refractivity contribution in [1.29, 1.82) is 0 Å². The number of carboxylic acids is 1. The fourth-order valence-electron chi connectivity index (χ4n) is 8.54. The molecule has 0 saturated carbocycles. The van der Waals surface area contributed by atoms with Crippen molar-refractivity contribution >= 4 is 41.7 Å². The molecule has 2 aromatic rings. The summed E-state index contributed by atoms with van der Waals surface area (Å²) in [7, 11) is 0. The molecule has 0 heterocycles. The number of fused-ring (bicyclic) bond motifs is 3. The molecule has 16 nitrogen and oxygen atoms in total. The number of esters is 2. The van der Waals surface area contributed by atoms with Crippen molar-refractivity contribution in [2.45, 2.75) is 206 Å². The smallest absolute Gasteiger partial charge is 0.407 e. The lowest BCUT2D eigenvalue weighted by molar-refractivity contribution is -0.159. The quantitative estimate of drug-likeness (QED) is 0.0244. The highest BCUT2D eigenvalue weighted by Gasteiger charge is 2.30. The van der Waals surface area contributed by atoms with Gasteiger partial charge in [-0.25, -0.2) is 14.4 Å². The van der Waals surface area contributed by atoms with Crippen LogP contribution in [0.1, 0.15) is 193 Å². The Balaban J connectivity index is 1.19. The molecule has 0 aromatic heterocycles. The average Bonchev–Trinajstić information content (AvgIpc) is 3.63. The maximum absolute atomic E-state index is 13.0. The minimum atomic E-state index is -1.18.